The molecule has 1 N–H and O–H groups in total. The summed E-state index contributed by atoms with van der Waals surface area (Å²) in [7, 11) is 3.54. The summed E-state index contributed by atoms with van der Waals surface area (Å²) in [5, 5.41) is 3.18. The van der Waals surface area contributed by atoms with Crippen molar-refractivity contribution in [2.45, 2.75) is 18.9 Å². The minimum absolute atomic E-state index is 0. The van der Waals surface area contributed by atoms with Crippen LogP contribution >= 0.6 is 12.4 Å². The van der Waals surface area contributed by atoms with Gasteiger partial charge in [-0.25, -0.2) is 0 Å². The summed E-state index contributed by atoms with van der Waals surface area (Å²) < 4.78 is 5.10. The average molecular weight is 285 g/mol. The molecule has 1 saturated heterocycles. The van der Waals surface area contributed by atoms with E-state index in [1.54, 1.807) is 7.11 Å². The Kier molecular flexibility index (Phi) is 6.12. The van der Waals surface area contributed by atoms with E-state index in [-0.39, 0.29) is 18.3 Å². The summed E-state index contributed by atoms with van der Waals surface area (Å²) in [6.45, 7) is 1.84. The van der Waals surface area contributed by atoms with E-state index < -0.39 is 0 Å². The Morgan fingerprint density at radius 2 is 2.00 bits per heavy atom. The van der Waals surface area contributed by atoms with Crippen LogP contribution in [0.15, 0.2) is 24.3 Å². The number of ether oxygens (including phenoxy) is 1. The van der Waals surface area contributed by atoms with Gasteiger partial charge >= 0.3 is 0 Å². The molecule has 0 saturated carbocycles. The van der Waals surface area contributed by atoms with Crippen molar-refractivity contribution >= 4 is 18.3 Å². The molecule has 0 atom stereocenters. The van der Waals surface area contributed by atoms with E-state index >= 15 is 0 Å². The fourth-order valence-corrected chi connectivity index (χ4v) is 1.97. The van der Waals surface area contributed by atoms with Gasteiger partial charge in [0.05, 0.1) is 13.2 Å². The van der Waals surface area contributed by atoms with Gasteiger partial charge in [0.25, 0.3) is 0 Å². The largest absolute Gasteiger partial charge is 0.497 e. The maximum atomic E-state index is 11.9. The average Bonchev–Trinajstić information content (AvgIpc) is 2.34. The number of rotatable bonds is 5. The molecule has 1 fully saturated rings. The van der Waals surface area contributed by atoms with E-state index in [1.807, 2.05) is 36.2 Å². The molecule has 1 amide bonds. The fourth-order valence-electron chi connectivity index (χ4n) is 1.97. The molecule has 4 nitrogen and oxygen atoms in total. The highest BCUT2D eigenvalue weighted by atomic mass is 35.5. The van der Waals surface area contributed by atoms with Gasteiger partial charge in [0.15, 0.2) is 0 Å². The molecule has 0 radical (unpaired) electrons. The first-order chi connectivity index (χ1) is 8.70. The number of methoxy groups -OCH3 is 1. The number of carbonyl (C=O) groups is 1. The van der Waals surface area contributed by atoms with Crippen LogP contribution in [0.4, 0.5) is 0 Å². The minimum Gasteiger partial charge on any atom is -0.497 e. The van der Waals surface area contributed by atoms with Gasteiger partial charge in [0, 0.05) is 26.6 Å². The van der Waals surface area contributed by atoms with E-state index in [2.05, 4.69) is 5.32 Å². The third-order valence-corrected chi connectivity index (χ3v) is 3.49. The maximum absolute atomic E-state index is 11.9. The van der Waals surface area contributed by atoms with Gasteiger partial charge in [-0.3, -0.25) is 4.79 Å². The fraction of sp³-hybridized carbons (Fsp3) is 0.500. The summed E-state index contributed by atoms with van der Waals surface area (Å²) >= 11 is 0. The summed E-state index contributed by atoms with van der Waals surface area (Å²) in [5.74, 6) is 1.07. The molecule has 5 heteroatoms. The zero-order valence-electron chi connectivity index (χ0n) is 11.4. The van der Waals surface area contributed by atoms with Crippen molar-refractivity contribution in [3.8, 4) is 5.75 Å². The van der Waals surface area contributed by atoms with Crippen molar-refractivity contribution in [3.05, 3.63) is 29.8 Å². The van der Waals surface area contributed by atoms with Gasteiger partial charge < -0.3 is 15.0 Å². The molecule has 1 aliphatic rings. The van der Waals surface area contributed by atoms with Gasteiger partial charge in [-0.1, -0.05) is 12.1 Å². The van der Waals surface area contributed by atoms with Crippen LogP contribution in [0.1, 0.15) is 12.0 Å². The molecule has 1 heterocycles. The molecular formula is C14H21ClN2O2. The maximum Gasteiger partial charge on any atom is 0.222 e. The van der Waals surface area contributed by atoms with E-state index in [0.29, 0.717) is 12.5 Å². The van der Waals surface area contributed by atoms with Crippen molar-refractivity contribution in [3.63, 3.8) is 0 Å². The first kappa shape index (κ1) is 15.8. The second-order valence-electron chi connectivity index (χ2n) is 4.66. The van der Waals surface area contributed by atoms with Crippen LogP contribution in [0.2, 0.25) is 0 Å². The Hall–Kier alpha value is -1.26. The molecule has 0 unspecified atom stereocenters. The highest BCUT2D eigenvalue weighted by Crippen LogP contribution is 2.13. The second-order valence-corrected chi connectivity index (χ2v) is 4.66. The lowest BCUT2D eigenvalue weighted by atomic mass is 10.1. The van der Waals surface area contributed by atoms with Crippen LogP contribution in [0.5, 0.6) is 5.75 Å². The lowest BCUT2D eigenvalue weighted by Crippen LogP contribution is -2.57. The lowest BCUT2D eigenvalue weighted by Gasteiger charge is -2.35. The number of carbonyl (C=O) groups excluding carboxylic acids is 1. The number of aryl methyl sites for hydroxylation is 1. The number of nitrogens with one attached hydrogen (secondary N) is 1. The Morgan fingerprint density at radius 1 is 1.37 bits per heavy atom. The zero-order valence-corrected chi connectivity index (χ0v) is 12.2. The third-order valence-electron chi connectivity index (χ3n) is 3.49. The quantitative estimate of drug-likeness (QED) is 0.890. The summed E-state index contributed by atoms with van der Waals surface area (Å²) in [4.78, 5) is 13.8. The Morgan fingerprint density at radius 3 is 2.47 bits per heavy atom. The number of hydrogen-bond donors (Lipinski definition) is 1. The minimum atomic E-state index is 0. The summed E-state index contributed by atoms with van der Waals surface area (Å²) in [5.41, 5.74) is 1.17. The Balaban J connectivity index is 0.00000180. The molecule has 1 aromatic rings. The predicted molar refractivity (Wildman–Crippen MR) is 78.0 cm³/mol. The highest BCUT2D eigenvalue weighted by Gasteiger charge is 2.24. The van der Waals surface area contributed by atoms with Gasteiger partial charge in [0.1, 0.15) is 5.75 Å². The molecule has 0 aromatic heterocycles. The predicted octanol–water partition coefficient (Wildman–Crippen LogP) is 1.48. The molecule has 0 bridgehead atoms. The van der Waals surface area contributed by atoms with E-state index in [4.69, 9.17) is 4.74 Å². The van der Waals surface area contributed by atoms with E-state index in [1.165, 1.54) is 5.56 Å². The van der Waals surface area contributed by atoms with Crippen LogP contribution in [-0.4, -0.2) is 44.1 Å². The monoisotopic (exact) mass is 284 g/mol. The number of likely N-dealkylation sites (N-methyl/N-ethyl adjacent to an activating group) is 1. The molecule has 1 aromatic carbocycles. The SMILES string of the molecule is COc1ccc(CCC(=O)N(C)C2CNC2)cc1.Cl. The number of amides is 1. The lowest BCUT2D eigenvalue weighted by molar-refractivity contribution is -0.132. The molecule has 0 aliphatic carbocycles. The normalized spacial score (nSPS) is 14.2. The van der Waals surface area contributed by atoms with Crippen LogP contribution in [0, 0.1) is 0 Å². The van der Waals surface area contributed by atoms with Crippen LogP contribution in [0.25, 0.3) is 0 Å². The van der Waals surface area contributed by atoms with Gasteiger partial charge in [-0.15, -0.1) is 12.4 Å². The van der Waals surface area contributed by atoms with Crippen LogP contribution < -0.4 is 10.1 Å². The van der Waals surface area contributed by atoms with E-state index in [9.17, 15) is 4.79 Å². The third kappa shape index (κ3) is 4.11. The first-order valence-electron chi connectivity index (χ1n) is 6.30. The molecule has 0 spiro atoms. The van der Waals surface area contributed by atoms with Crippen LogP contribution in [-0.2, 0) is 11.2 Å². The van der Waals surface area contributed by atoms with Gasteiger partial charge in [-0.2, -0.15) is 0 Å². The number of benzene rings is 1. The molecule has 2 rings (SSSR count). The van der Waals surface area contributed by atoms with Crippen molar-refractivity contribution in [1.29, 1.82) is 0 Å². The zero-order chi connectivity index (χ0) is 13.0. The Labute approximate surface area is 120 Å². The van der Waals surface area contributed by atoms with Crippen molar-refractivity contribution in [2.75, 3.05) is 27.2 Å². The smallest absolute Gasteiger partial charge is 0.222 e. The van der Waals surface area contributed by atoms with Crippen molar-refractivity contribution in [2.24, 2.45) is 0 Å². The van der Waals surface area contributed by atoms with Gasteiger partial charge in [0.2, 0.25) is 5.91 Å². The summed E-state index contributed by atoms with van der Waals surface area (Å²) in [6, 6.07) is 8.26. The Bertz CT molecular complexity index is 404. The number of hydrogen-bond acceptors (Lipinski definition) is 3. The van der Waals surface area contributed by atoms with Gasteiger partial charge in [-0.05, 0) is 24.1 Å². The molecular weight excluding hydrogens is 264 g/mol. The standard InChI is InChI=1S/C14H20N2O2.ClH/c1-16(12-9-15-10-12)14(17)8-5-11-3-6-13(18-2)7-4-11;/h3-4,6-7,12,15H,5,8-10H2,1-2H3;1H. The highest BCUT2D eigenvalue weighted by molar-refractivity contribution is 5.85. The number of halogens is 1. The second kappa shape index (κ2) is 7.36. The molecule has 1 aliphatic heterocycles. The van der Waals surface area contributed by atoms with E-state index in [0.717, 1.165) is 25.3 Å². The summed E-state index contributed by atoms with van der Waals surface area (Å²) in [6.07, 6.45) is 1.35. The molecule has 19 heavy (non-hydrogen) atoms. The van der Waals surface area contributed by atoms with Crippen molar-refractivity contribution < 1.29 is 9.53 Å². The van der Waals surface area contributed by atoms with Crippen LogP contribution in [0.3, 0.4) is 0 Å². The molecule has 106 valence electrons. The van der Waals surface area contributed by atoms with Crippen molar-refractivity contribution in [1.82, 2.24) is 10.2 Å². The first-order valence-corrected chi connectivity index (χ1v) is 6.30. The number of nitrogens with zero attached hydrogens (tertiary/aromatic N) is 1. The topological polar surface area (TPSA) is 41.6 Å².